The first-order valence-electron chi connectivity index (χ1n) is 11.5. The Morgan fingerprint density at radius 3 is 1.90 bits per heavy atom. The second-order valence-electron chi connectivity index (χ2n) is 8.78. The lowest BCUT2D eigenvalue weighted by atomic mass is 9.91. The Morgan fingerprint density at radius 1 is 0.872 bits per heavy atom. The van der Waals surface area contributed by atoms with Crippen LogP contribution in [0.5, 0.6) is 0 Å². The number of non-ortho nitro benzene ring substituents is 2. The number of nitro benzene ring substituents is 2. The maximum absolute atomic E-state index is 12.8. The average Bonchev–Trinajstić information content (AvgIpc) is 3.21. The number of benzene rings is 2. The number of nitrogens with zero attached hydrogens (tertiary/aromatic N) is 3. The Labute approximate surface area is 220 Å². The number of rotatable bonds is 9. The standard InChI is InChI=1S/C25H21N3O11/c1-14(11-38-25(32)39-13-16-4-8-18(9-5-16)28(35)36)21-19-10-20(29)22(26(19)23(21)30)24(31)37-12-15-2-6-17(7-3-15)27(33)34/h2-9,19,22H,10-13H2,1H3/b21-14+/t19-,22?/m1/s1. The van der Waals surface area contributed by atoms with Crippen LogP contribution in [0.1, 0.15) is 24.5 Å². The molecule has 14 heteroatoms. The van der Waals surface area contributed by atoms with E-state index in [-0.39, 0.29) is 43.2 Å². The molecule has 4 rings (SSSR count). The summed E-state index contributed by atoms with van der Waals surface area (Å²) in [4.78, 5) is 71.3. The largest absolute Gasteiger partial charge is 0.508 e. The van der Waals surface area contributed by atoms with Crippen molar-refractivity contribution >= 4 is 35.2 Å². The fourth-order valence-electron chi connectivity index (χ4n) is 4.25. The smallest absolute Gasteiger partial charge is 0.459 e. The molecule has 0 bridgehead atoms. The second kappa shape index (κ2) is 11.1. The van der Waals surface area contributed by atoms with Crippen LogP contribution in [0.3, 0.4) is 0 Å². The van der Waals surface area contributed by atoms with Crippen molar-refractivity contribution in [3.05, 3.63) is 91.0 Å². The summed E-state index contributed by atoms with van der Waals surface area (Å²) >= 11 is 0. The zero-order valence-corrected chi connectivity index (χ0v) is 20.4. The highest BCUT2D eigenvalue weighted by Crippen LogP contribution is 2.39. The van der Waals surface area contributed by atoms with Gasteiger partial charge in [0, 0.05) is 36.3 Å². The minimum atomic E-state index is -1.40. The van der Waals surface area contributed by atoms with Crippen molar-refractivity contribution in [1.29, 1.82) is 0 Å². The summed E-state index contributed by atoms with van der Waals surface area (Å²) in [7, 11) is 0. The highest BCUT2D eigenvalue weighted by atomic mass is 16.7. The number of ketones is 1. The quantitative estimate of drug-likeness (QED) is 0.114. The molecule has 0 spiro atoms. The van der Waals surface area contributed by atoms with E-state index < -0.39 is 45.7 Å². The minimum Gasteiger partial charge on any atom is -0.459 e. The maximum atomic E-state index is 12.8. The van der Waals surface area contributed by atoms with Crippen molar-refractivity contribution in [2.75, 3.05) is 6.61 Å². The molecule has 202 valence electrons. The topological polar surface area (TPSA) is 185 Å². The number of ether oxygens (including phenoxy) is 3. The van der Waals surface area contributed by atoms with Crippen molar-refractivity contribution in [1.82, 2.24) is 4.90 Å². The lowest BCUT2D eigenvalue weighted by molar-refractivity contribution is -0.385. The first-order valence-corrected chi connectivity index (χ1v) is 11.5. The zero-order valence-electron chi connectivity index (χ0n) is 20.4. The fourth-order valence-corrected chi connectivity index (χ4v) is 4.25. The van der Waals surface area contributed by atoms with E-state index >= 15 is 0 Å². The number of nitro groups is 2. The van der Waals surface area contributed by atoms with Gasteiger partial charge in [-0.3, -0.25) is 29.8 Å². The maximum Gasteiger partial charge on any atom is 0.508 e. The van der Waals surface area contributed by atoms with Crippen LogP contribution in [0.15, 0.2) is 59.7 Å². The van der Waals surface area contributed by atoms with E-state index in [1.165, 1.54) is 48.5 Å². The van der Waals surface area contributed by atoms with Crippen LogP contribution >= 0.6 is 0 Å². The molecule has 39 heavy (non-hydrogen) atoms. The first kappa shape index (κ1) is 26.9. The summed E-state index contributed by atoms with van der Waals surface area (Å²) < 4.78 is 15.2. The molecule has 2 aromatic rings. The van der Waals surface area contributed by atoms with E-state index in [4.69, 9.17) is 14.2 Å². The molecule has 14 nitrogen and oxygen atoms in total. The van der Waals surface area contributed by atoms with Crippen LogP contribution in [0, 0.1) is 20.2 Å². The van der Waals surface area contributed by atoms with Gasteiger partial charge in [0.2, 0.25) is 0 Å². The molecule has 0 aromatic heterocycles. The van der Waals surface area contributed by atoms with Gasteiger partial charge in [-0.1, -0.05) is 0 Å². The molecule has 2 aliphatic rings. The van der Waals surface area contributed by atoms with Gasteiger partial charge in [0.15, 0.2) is 11.8 Å². The zero-order chi connectivity index (χ0) is 28.3. The van der Waals surface area contributed by atoms with Crippen LogP contribution in [-0.2, 0) is 41.8 Å². The van der Waals surface area contributed by atoms with Gasteiger partial charge < -0.3 is 19.1 Å². The van der Waals surface area contributed by atoms with Gasteiger partial charge in [-0.2, -0.15) is 0 Å². The molecule has 2 fully saturated rings. The molecule has 2 heterocycles. The predicted octanol–water partition coefficient (Wildman–Crippen LogP) is 2.77. The molecule has 1 unspecified atom stereocenters. The number of fused-ring (bicyclic) bond motifs is 1. The molecule has 0 saturated carbocycles. The molecule has 1 amide bonds. The number of esters is 1. The van der Waals surface area contributed by atoms with E-state index in [1.807, 2.05) is 0 Å². The SMILES string of the molecule is C/C(COC(=O)OCc1ccc([N+](=O)[O-])cc1)=C1\C(=O)N2C(C(=O)OCc3ccc([N+](=O)[O-])cc3)C(=O)C[C@H]12. The Morgan fingerprint density at radius 2 is 1.38 bits per heavy atom. The normalized spacial score (nSPS) is 19.1. The van der Waals surface area contributed by atoms with Gasteiger partial charge in [0.25, 0.3) is 17.3 Å². The number of hydrogen-bond donors (Lipinski definition) is 0. The van der Waals surface area contributed by atoms with Crippen molar-refractivity contribution in [2.24, 2.45) is 0 Å². The summed E-state index contributed by atoms with van der Waals surface area (Å²) in [6, 6.07) is 8.71. The van der Waals surface area contributed by atoms with Gasteiger partial charge >= 0.3 is 12.1 Å². The van der Waals surface area contributed by atoms with E-state index in [0.717, 1.165) is 4.90 Å². The lowest BCUT2D eigenvalue weighted by Crippen LogP contribution is -2.58. The van der Waals surface area contributed by atoms with Gasteiger partial charge in [-0.05, 0) is 47.9 Å². The Balaban J connectivity index is 1.28. The summed E-state index contributed by atoms with van der Waals surface area (Å²) in [6.07, 6.45) is -1.12. The van der Waals surface area contributed by atoms with Crippen LogP contribution in [0.25, 0.3) is 0 Å². The van der Waals surface area contributed by atoms with Gasteiger partial charge in [-0.15, -0.1) is 0 Å². The van der Waals surface area contributed by atoms with Crippen molar-refractivity contribution in [3.8, 4) is 0 Å². The summed E-state index contributed by atoms with van der Waals surface area (Å²) in [5.74, 6) is -1.95. The number of β-lactam (4-membered cyclic amide) rings is 1. The van der Waals surface area contributed by atoms with Crippen molar-refractivity contribution in [3.63, 3.8) is 0 Å². The molecule has 0 radical (unpaired) electrons. The molecule has 2 aliphatic heterocycles. The number of hydrogen-bond acceptors (Lipinski definition) is 11. The predicted molar refractivity (Wildman–Crippen MR) is 129 cm³/mol. The summed E-state index contributed by atoms with van der Waals surface area (Å²) in [5.41, 5.74) is 1.40. The van der Waals surface area contributed by atoms with Crippen molar-refractivity contribution < 1.29 is 43.2 Å². The third-order valence-electron chi connectivity index (χ3n) is 6.23. The van der Waals surface area contributed by atoms with Crippen LogP contribution in [0.2, 0.25) is 0 Å². The Hall–Kier alpha value is -5.14. The van der Waals surface area contributed by atoms with E-state index in [1.54, 1.807) is 6.92 Å². The molecule has 0 N–H and O–H groups in total. The highest BCUT2D eigenvalue weighted by Gasteiger charge is 2.58. The highest BCUT2D eigenvalue weighted by molar-refractivity contribution is 6.16. The minimum absolute atomic E-state index is 0.0969. The molecule has 2 saturated heterocycles. The van der Waals surface area contributed by atoms with Crippen LogP contribution in [0.4, 0.5) is 16.2 Å². The molecule has 2 atom stereocenters. The molecular weight excluding hydrogens is 518 g/mol. The van der Waals surface area contributed by atoms with E-state index in [9.17, 15) is 39.4 Å². The van der Waals surface area contributed by atoms with Gasteiger partial charge in [-0.25, -0.2) is 9.59 Å². The van der Waals surface area contributed by atoms with Crippen LogP contribution in [-0.4, -0.2) is 57.3 Å². The van der Waals surface area contributed by atoms with Gasteiger partial charge in [0.1, 0.15) is 19.8 Å². The Bertz CT molecular complexity index is 1380. The summed E-state index contributed by atoms with van der Waals surface area (Å²) in [5, 5.41) is 21.4. The lowest BCUT2D eigenvalue weighted by Gasteiger charge is -2.40. The third-order valence-corrected chi connectivity index (χ3v) is 6.23. The molecular formula is C25H21N3O11. The number of carbonyl (C=O) groups excluding carboxylic acids is 4. The van der Waals surface area contributed by atoms with E-state index in [2.05, 4.69) is 0 Å². The Kier molecular flexibility index (Phi) is 7.65. The molecule has 2 aromatic carbocycles. The van der Waals surface area contributed by atoms with E-state index in [0.29, 0.717) is 16.7 Å². The third kappa shape index (κ3) is 5.74. The number of amides is 1. The first-order chi connectivity index (χ1) is 18.6. The van der Waals surface area contributed by atoms with Crippen LogP contribution < -0.4 is 0 Å². The van der Waals surface area contributed by atoms with Gasteiger partial charge in [0.05, 0.1) is 15.9 Å². The molecule has 0 aliphatic carbocycles. The number of carbonyl (C=O) groups is 4. The fraction of sp³-hybridized carbons (Fsp3) is 0.280. The number of Topliss-reactive ketones (excluding diaryl/α,β-unsaturated/α-hetero) is 1. The van der Waals surface area contributed by atoms with Crippen molar-refractivity contribution in [2.45, 2.75) is 38.6 Å². The monoisotopic (exact) mass is 539 g/mol. The summed E-state index contributed by atoms with van der Waals surface area (Å²) in [6.45, 7) is 0.859. The second-order valence-corrected chi connectivity index (χ2v) is 8.78. The average molecular weight is 539 g/mol.